The summed E-state index contributed by atoms with van der Waals surface area (Å²) in [5.74, 6) is 0.0711. The molecule has 1 aliphatic heterocycles. The third-order valence-corrected chi connectivity index (χ3v) is 7.64. The minimum Gasteiger partial charge on any atom is -0.340 e. The minimum atomic E-state index is -3.53. The van der Waals surface area contributed by atoms with Crippen LogP contribution in [0.4, 0.5) is 0 Å². The fourth-order valence-corrected chi connectivity index (χ4v) is 5.48. The molecule has 3 rings (SSSR count). The third-order valence-electron chi connectivity index (χ3n) is 5.23. The van der Waals surface area contributed by atoms with Gasteiger partial charge in [-0.1, -0.05) is 47.5 Å². The van der Waals surface area contributed by atoms with Gasteiger partial charge in [-0.25, -0.2) is 8.42 Å². The van der Waals surface area contributed by atoms with Crippen molar-refractivity contribution < 1.29 is 13.2 Å². The highest BCUT2D eigenvalue weighted by Crippen LogP contribution is 2.26. The minimum absolute atomic E-state index is 0.0375. The average molecular weight is 455 g/mol. The van der Waals surface area contributed by atoms with Crippen molar-refractivity contribution in [1.29, 1.82) is 0 Å². The van der Waals surface area contributed by atoms with Crippen molar-refractivity contribution in [3.63, 3.8) is 0 Å². The summed E-state index contributed by atoms with van der Waals surface area (Å²) in [5, 5.41) is 0.523. The van der Waals surface area contributed by atoms with Crippen molar-refractivity contribution >= 4 is 38.9 Å². The molecule has 0 unspecified atom stereocenters. The predicted molar refractivity (Wildman–Crippen MR) is 116 cm³/mol. The number of carbonyl (C=O) groups excluding carboxylic acids is 1. The van der Waals surface area contributed by atoms with Crippen molar-refractivity contribution in [3.05, 3.63) is 63.6 Å². The van der Waals surface area contributed by atoms with Gasteiger partial charge in [-0.3, -0.25) is 9.69 Å². The van der Waals surface area contributed by atoms with Crippen LogP contribution in [0.15, 0.2) is 47.4 Å². The van der Waals surface area contributed by atoms with E-state index in [0.717, 1.165) is 11.1 Å². The van der Waals surface area contributed by atoms with Crippen molar-refractivity contribution in [2.45, 2.75) is 18.2 Å². The molecule has 1 fully saturated rings. The molecule has 1 heterocycles. The van der Waals surface area contributed by atoms with E-state index < -0.39 is 9.84 Å². The van der Waals surface area contributed by atoms with Crippen molar-refractivity contribution in [2.24, 2.45) is 0 Å². The van der Waals surface area contributed by atoms with Gasteiger partial charge in [0.2, 0.25) is 5.91 Å². The predicted octanol–water partition coefficient (Wildman–Crippen LogP) is 3.46. The van der Waals surface area contributed by atoms with Crippen molar-refractivity contribution in [2.75, 3.05) is 38.5 Å². The number of benzene rings is 2. The zero-order chi connectivity index (χ0) is 21.0. The number of hydrogen-bond donors (Lipinski definition) is 0. The van der Waals surface area contributed by atoms with E-state index >= 15 is 0 Å². The monoisotopic (exact) mass is 454 g/mol. The summed E-state index contributed by atoms with van der Waals surface area (Å²) in [6.45, 7) is 4.90. The van der Waals surface area contributed by atoms with Gasteiger partial charge in [0.1, 0.15) is 0 Å². The van der Waals surface area contributed by atoms with E-state index in [-0.39, 0.29) is 21.6 Å². The number of rotatable bonds is 6. The molecule has 8 heteroatoms. The summed E-state index contributed by atoms with van der Waals surface area (Å²) in [6.07, 6.45) is 0.397. The molecular formula is C21H24Cl2N2O3S. The Morgan fingerprint density at radius 1 is 1.03 bits per heavy atom. The van der Waals surface area contributed by atoms with Crippen LogP contribution in [-0.4, -0.2) is 62.6 Å². The quantitative estimate of drug-likeness (QED) is 0.670. The Morgan fingerprint density at radius 2 is 1.72 bits per heavy atom. The number of halogens is 2. The SMILES string of the molecule is Cc1ccccc1CC(=O)N1CCN(CCS(=O)(=O)c2cc(Cl)ccc2Cl)CC1. The molecule has 5 nitrogen and oxygen atoms in total. The molecule has 0 aromatic heterocycles. The molecular weight excluding hydrogens is 431 g/mol. The Kier molecular flexibility index (Phi) is 7.22. The Labute approximate surface area is 182 Å². The lowest BCUT2D eigenvalue weighted by Gasteiger charge is -2.34. The van der Waals surface area contributed by atoms with E-state index in [1.807, 2.05) is 36.1 Å². The molecule has 0 bridgehead atoms. The second-order valence-corrected chi connectivity index (χ2v) is 10.1. The summed E-state index contributed by atoms with van der Waals surface area (Å²) in [5.41, 5.74) is 2.16. The molecule has 29 heavy (non-hydrogen) atoms. The lowest BCUT2D eigenvalue weighted by atomic mass is 10.1. The summed E-state index contributed by atoms with van der Waals surface area (Å²) < 4.78 is 25.2. The molecule has 0 atom stereocenters. The van der Waals surface area contributed by atoms with E-state index in [1.54, 1.807) is 6.07 Å². The zero-order valence-electron chi connectivity index (χ0n) is 16.3. The van der Waals surface area contributed by atoms with Crippen molar-refractivity contribution in [1.82, 2.24) is 9.80 Å². The highest BCUT2D eigenvalue weighted by molar-refractivity contribution is 7.91. The van der Waals surface area contributed by atoms with Gasteiger partial charge in [-0.05, 0) is 36.2 Å². The zero-order valence-corrected chi connectivity index (χ0v) is 18.6. The molecule has 0 N–H and O–H groups in total. The number of aryl methyl sites for hydroxylation is 1. The first-order chi connectivity index (χ1) is 13.8. The second-order valence-electron chi connectivity index (χ2n) is 7.22. The number of carbonyl (C=O) groups is 1. The van der Waals surface area contributed by atoms with Crippen LogP contribution in [0.3, 0.4) is 0 Å². The Bertz CT molecular complexity index is 987. The van der Waals surface area contributed by atoms with Crippen LogP contribution in [0.2, 0.25) is 10.0 Å². The summed E-state index contributed by atoms with van der Waals surface area (Å²) in [4.78, 5) is 16.6. The van der Waals surface area contributed by atoms with E-state index in [4.69, 9.17) is 23.2 Å². The molecule has 1 saturated heterocycles. The van der Waals surface area contributed by atoms with Gasteiger partial charge in [0.15, 0.2) is 9.84 Å². The fourth-order valence-electron chi connectivity index (χ4n) is 3.38. The van der Waals surface area contributed by atoms with Crippen LogP contribution < -0.4 is 0 Å². The number of amides is 1. The van der Waals surface area contributed by atoms with E-state index in [2.05, 4.69) is 4.90 Å². The van der Waals surface area contributed by atoms with Gasteiger partial charge in [-0.2, -0.15) is 0 Å². The Morgan fingerprint density at radius 3 is 2.41 bits per heavy atom. The van der Waals surface area contributed by atoms with Gasteiger partial charge in [0.05, 0.1) is 22.1 Å². The first-order valence-electron chi connectivity index (χ1n) is 9.49. The van der Waals surface area contributed by atoms with Gasteiger partial charge in [0, 0.05) is 37.7 Å². The lowest BCUT2D eigenvalue weighted by molar-refractivity contribution is -0.132. The smallest absolute Gasteiger partial charge is 0.227 e. The Hall–Kier alpha value is -1.60. The molecule has 2 aromatic carbocycles. The maximum absolute atomic E-state index is 12.6. The molecule has 0 saturated carbocycles. The van der Waals surface area contributed by atoms with Crippen LogP contribution in [0, 0.1) is 6.92 Å². The summed E-state index contributed by atoms with van der Waals surface area (Å²) in [7, 11) is -3.53. The van der Waals surface area contributed by atoms with Gasteiger partial charge in [0.25, 0.3) is 0 Å². The number of hydrogen-bond acceptors (Lipinski definition) is 4. The number of sulfone groups is 1. The third kappa shape index (κ3) is 5.72. The normalized spacial score (nSPS) is 15.5. The standard InChI is InChI=1S/C21H24Cl2N2O3S/c1-16-4-2-3-5-17(16)14-21(26)25-10-8-24(9-11-25)12-13-29(27,28)20-15-18(22)6-7-19(20)23/h2-7,15H,8-14H2,1H3. The van der Waals surface area contributed by atoms with E-state index in [9.17, 15) is 13.2 Å². The van der Waals surface area contributed by atoms with Crippen LogP contribution >= 0.6 is 23.2 Å². The van der Waals surface area contributed by atoms with Crippen molar-refractivity contribution in [3.8, 4) is 0 Å². The number of nitrogens with zero attached hydrogens (tertiary/aromatic N) is 2. The largest absolute Gasteiger partial charge is 0.340 e. The van der Waals surface area contributed by atoms with Crippen LogP contribution in [0.5, 0.6) is 0 Å². The molecule has 0 spiro atoms. The van der Waals surface area contributed by atoms with E-state index in [1.165, 1.54) is 12.1 Å². The second kappa shape index (κ2) is 9.47. The van der Waals surface area contributed by atoms with Crippen LogP contribution in [0.1, 0.15) is 11.1 Å². The molecule has 156 valence electrons. The summed E-state index contributed by atoms with van der Waals surface area (Å²) in [6, 6.07) is 12.3. The topological polar surface area (TPSA) is 57.7 Å². The molecule has 2 aromatic rings. The van der Waals surface area contributed by atoms with E-state index in [0.29, 0.717) is 44.2 Å². The molecule has 0 aliphatic carbocycles. The van der Waals surface area contributed by atoms with Crippen LogP contribution in [0.25, 0.3) is 0 Å². The molecule has 1 amide bonds. The number of piperazine rings is 1. The molecule has 1 aliphatic rings. The highest BCUT2D eigenvalue weighted by Gasteiger charge is 2.24. The summed E-state index contributed by atoms with van der Waals surface area (Å²) >= 11 is 12.0. The van der Waals surface area contributed by atoms with Gasteiger partial charge >= 0.3 is 0 Å². The lowest BCUT2D eigenvalue weighted by Crippen LogP contribution is -2.50. The van der Waals surface area contributed by atoms with Gasteiger partial charge < -0.3 is 4.90 Å². The first-order valence-corrected chi connectivity index (χ1v) is 11.9. The maximum atomic E-state index is 12.6. The maximum Gasteiger partial charge on any atom is 0.227 e. The van der Waals surface area contributed by atoms with Gasteiger partial charge in [-0.15, -0.1) is 0 Å². The average Bonchev–Trinajstić information content (AvgIpc) is 2.70. The molecule has 0 radical (unpaired) electrons. The Balaban J connectivity index is 1.51. The van der Waals surface area contributed by atoms with Crippen LogP contribution in [-0.2, 0) is 21.1 Å². The first kappa shape index (κ1) is 22.1. The highest BCUT2D eigenvalue weighted by atomic mass is 35.5. The fraction of sp³-hybridized carbons (Fsp3) is 0.381.